The van der Waals surface area contributed by atoms with Gasteiger partial charge in [0.05, 0.1) is 12.1 Å². The van der Waals surface area contributed by atoms with E-state index in [4.69, 9.17) is 20.7 Å². The van der Waals surface area contributed by atoms with E-state index in [0.717, 1.165) is 0 Å². The zero-order valence-electron chi connectivity index (χ0n) is 22.5. The molecule has 2 atom stereocenters. The molecule has 0 saturated heterocycles. The monoisotopic (exact) mass is 506 g/mol. The van der Waals surface area contributed by atoms with Crippen molar-refractivity contribution in [1.29, 1.82) is 10.5 Å². The Morgan fingerprint density at radius 2 is 0.917 bits per heavy atom. The van der Waals surface area contributed by atoms with E-state index in [9.17, 15) is 19.2 Å². The molecule has 0 heterocycles. The van der Waals surface area contributed by atoms with Gasteiger partial charge in [-0.15, -0.1) is 0 Å². The first kappa shape index (κ1) is 34.6. The number of carbonyl (C=O) groups excluding carboxylic acids is 2. The number of nitrogens with zero attached hydrogens (tertiary/aromatic N) is 6. The number of azo groups is 2. The topological polar surface area (TPSA) is 206 Å². The standard InChI is InChI=1S/C12H16N4O4.C12H22N2O2/c1-11(7-13,5-3-9(17)18)15-16-12(2,8-14)6-4-10(19)20;1-7-9(15)11(3,4)13-14-12(5,6)10(16)8-2/h3-6H2,1-2H3,(H,17,18)(H,19,20);7-8H2,1-6H3. The molecule has 0 aliphatic carbocycles. The highest BCUT2D eigenvalue weighted by Gasteiger charge is 2.31. The van der Waals surface area contributed by atoms with Crippen molar-refractivity contribution >= 4 is 23.5 Å². The zero-order valence-corrected chi connectivity index (χ0v) is 22.5. The molecule has 0 spiro atoms. The number of hydrogen-bond donors (Lipinski definition) is 2. The predicted molar refractivity (Wildman–Crippen MR) is 130 cm³/mol. The molecule has 12 nitrogen and oxygen atoms in total. The van der Waals surface area contributed by atoms with Crippen LogP contribution >= 0.6 is 0 Å². The lowest BCUT2D eigenvalue weighted by atomic mass is 9.97. The van der Waals surface area contributed by atoms with Crippen molar-refractivity contribution in [3.05, 3.63) is 0 Å². The first-order valence-electron chi connectivity index (χ1n) is 11.5. The molecule has 0 aliphatic heterocycles. The van der Waals surface area contributed by atoms with E-state index in [0.29, 0.717) is 12.8 Å². The molecule has 0 saturated carbocycles. The summed E-state index contributed by atoms with van der Waals surface area (Å²) < 4.78 is 0. The minimum Gasteiger partial charge on any atom is -0.481 e. The molecule has 0 amide bonds. The molecule has 0 bridgehead atoms. The van der Waals surface area contributed by atoms with Crippen molar-refractivity contribution in [2.24, 2.45) is 20.5 Å². The van der Waals surface area contributed by atoms with Crippen LogP contribution in [-0.2, 0) is 19.2 Å². The van der Waals surface area contributed by atoms with Crippen molar-refractivity contribution in [2.45, 2.75) is 116 Å². The van der Waals surface area contributed by atoms with Crippen molar-refractivity contribution in [3.8, 4) is 12.1 Å². The van der Waals surface area contributed by atoms with Gasteiger partial charge in [0.15, 0.2) is 22.6 Å². The Kier molecular flexibility index (Phi) is 14.2. The van der Waals surface area contributed by atoms with Crippen LogP contribution in [0.15, 0.2) is 20.5 Å². The van der Waals surface area contributed by atoms with Gasteiger partial charge in [-0.2, -0.15) is 31.0 Å². The number of hydrogen-bond acceptors (Lipinski definition) is 10. The summed E-state index contributed by atoms with van der Waals surface area (Å²) in [5.41, 5.74) is -4.36. The average Bonchev–Trinajstić information content (AvgIpc) is 2.83. The maximum absolute atomic E-state index is 11.6. The van der Waals surface area contributed by atoms with E-state index in [1.807, 2.05) is 12.1 Å². The van der Waals surface area contributed by atoms with E-state index in [1.165, 1.54) is 13.8 Å². The Balaban J connectivity index is 0. The second kappa shape index (κ2) is 14.8. The van der Waals surface area contributed by atoms with Gasteiger partial charge in [-0.3, -0.25) is 19.2 Å². The zero-order chi connectivity index (χ0) is 28.8. The molecule has 36 heavy (non-hydrogen) atoms. The number of carbonyl (C=O) groups is 4. The van der Waals surface area contributed by atoms with E-state index in [1.54, 1.807) is 41.5 Å². The van der Waals surface area contributed by atoms with Gasteiger partial charge in [-0.1, -0.05) is 13.8 Å². The first-order valence-corrected chi connectivity index (χ1v) is 11.5. The number of aliphatic carboxylic acids is 2. The maximum Gasteiger partial charge on any atom is 0.303 e. The van der Waals surface area contributed by atoms with Crippen molar-refractivity contribution in [2.75, 3.05) is 0 Å². The van der Waals surface area contributed by atoms with Crippen LogP contribution < -0.4 is 0 Å². The number of carboxylic acids is 2. The Hall–Kier alpha value is -3.54. The first-order chi connectivity index (χ1) is 16.3. The third-order valence-corrected chi connectivity index (χ3v) is 5.18. The van der Waals surface area contributed by atoms with Gasteiger partial charge in [-0.05, 0) is 54.4 Å². The molecule has 0 aliphatic rings. The summed E-state index contributed by atoms with van der Waals surface area (Å²) in [5.74, 6) is -2.07. The van der Waals surface area contributed by atoms with E-state index in [2.05, 4.69) is 20.5 Å². The van der Waals surface area contributed by atoms with Gasteiger partial charge < -0.3 is 10.2 Å². The Bertz CT molecular complexity index is 870. The molecule has 12 heteroatoms. The average molecular weight is 507 g/mol. The van der Waals surface area contributed by atoms with Crippen LogP contribution in [0.25, 0.3) is 0 Å². The minimum absolute atomic E-state index is 0.0241. The van der Waals surface area contributed by atoms with Gasteiger partial charge in [0.1, 0.15) is 11.1 Å². The molecular weight excluding hydrogens is 468 g/mol. The summed E-state index contributed by atoms with van der Waals surface area (Å²) in [4.78, 5) is 44.1. The third-order valence-electron chi connectivity index (χ3n) is 5.18. The fourth-order valence-corrected chi connectivity index (χ4v) is 2.40. The normalized spacial score (nSPS) is 15.1. The Morgan fingerprint density at radius 1 is 0.639 bits per heavy atom. The van der Waals surface area contributed by atoms with Gasteiger partial charge in [0, 0.05) is 25.7 Å². The number of carboxylic acid groups (broad SMARTS) is 2. The van der Waals surface area contributed by atoms with Crippen LogP contribution in [0.5, 0.6) is 0 Å². The van der Waals surface area contributed by atoms with Crippen LogP contribution in [0, 0.1) is 22.7 Å². The van der Waals surface area contributed by atoms with Gasteiger partial charge >= 0.3 is 11.9 Å². The van der Waals surface area contributed by atoms with E-state index >= 15 is 0 Å². The molecule has 2 N–H and O–H groups in total. The summed E-state index contributed by atoms with van der Waals surface area (Å²) >= 11 is 0. The quantitative estimate of drug-likeness (QED) is 0.315. The van der Waals surface area contributed by atoms with Crippen molar-refractivity contribution < 1.29 is 29.4 Å². The molecule has 200 valence electrons. The Morgan fingerprint density at radius 3 is 1.11 bits per heavy atom. The summed E-state index contributed by atoms with van der Waals surface area (Å²) in [6.45, 7) is 13.3. The molecule has 2 unspecified atom stereocenters. The lowest BCUT2D eigenvalue weighted by Crippen LogP contribution is -2.32. The highest BCUT2D eigenvalue weighted by molar-refractivity contribution is 5.88. The summed E-state index contributed by atoms with van der Waals surface area (Å²) in [7, 11) is 0. The van der Waals surface area contributed by atoms with Gasteiger partial charge in [0.25, 0.3) is 0 Å². The van der Waals surface area contributed by atoms with Crippen LogP contribution in [0.1, 0.15) is 93.9 Å². The summed E-state index contributed by atoms with van der Waals surface area (Å²) in [6.07, 6.45) is 0.275. The SMILES string of the molecule is CC(C#N)(CCC(=O)O)N=NC(C)(C#N)CCC(=O)O.CCC(=O)C(C)(C)N=NC(C)(C)C(=O)CC. The van der Waals surface area contributed by atoms with E-state index < -0.39 is 34.1 Å². The third kappa shape index (κ3) is 13.4. The number of rotatable bonds is 14. The predicted octanol–water partition coefficient (Wildman–Crippen LogP) is 4.69. The highest BCUT2D eigenvalue weighted by atomic mass is 16.4. The van der Waals surface area contributed by atoms with Gasteiger partial charge in [0.2, 0.25) is 0 Å². The number of Topliss-reactive ketones (excluding diaryl/α,β-unsaturated/α-hetero) is 2. The number of ketones is 2. The van der Waals surface area contributed by atoms with E-state index in [-0.39, 0.29) is 37.2 Å². The Labute approximate surface area is 212 Å². The van der Waals surface area contributed by atoms with Crippen LogP contribution in [0.3, 0.4) is 0 Å². The minimum atomic E-state index is -1.35. The smallest absolute Gasteiger partial charge is 0.303 e. The van der Waals surface area contributed by atoms with Crippen molar-refractivity contribution in [3.63, 3.8) is 0 Å². The summed E-state index contributed by atoms with van der Waals surface area (Å²) in [5, 5.41) is 50.8. The maximum atomic E-state index is 11.6. The molecule has 0 radical (unpaired) electrons. The number of nitriles is 2. The second-order valence-electron chi connectivity index (χ2n) is 9.63. The second-order valence-corrected chi connectivity index (χ2v) is 9.63. The lowest BCUT2D eigenvalue weighted by Gasteiger charge is -2.20. The molecule has 0 rings (SSSR count). The molecular formula is C24H38N6O6. The molecule has 0 fully saturated rings. The largest absolute Gasteiger partial charge is 0.481 e. The lowest BCUT2D eigenvalue weighted by molar-refractivity contribution is -0.138. The van der Waals surface area contributed by atoms with Crippen LogP contribution in [-0.4, -0.2) is 55.9 Å². The van der Waals surface area contributed by atoms with Gasteiger partial charge in [-0.25, -0.2) is 0 Å². The van der Waals surface area contributed by atoms with Crippen molar-refractivity contribution in [1.82, 2.24) is 0 Å². The fourth-order valence-electron chi connectivity index (χ4n) is 2.40. The van der Waals surface area contributed by atoms with Crippen LogP contribution in [0.2, 0.25) is 0 Å². The molecule has 0 aromatic carbocycles. The van der Waals surface area contributed by atoms with Crippen LogP contribution in [0.4, 0.5) is 0 Å². The highest BCUT2D eigenvalue weighted by Crippen LogP contribution is 2.23. The molecule has 0 aromatic heterocycles. The summed E-state index contributed by atoms with van der Waals surface area (Å²) in [6, 6.07) is 3.69. The fraction of sp³-hybridized carbons (Fsp3) is 0.750. The molecule has 0 aromatic rings.